The lowest BCUT2D eigenvalue weighted by atomic mass is 10.0. The molecule has 0 aliphatic rings. The highest BCUT2D eigenvalue weighted by Crippen LogP contribution is 2.24. The Hall–Kier alpha value is -1.12. The zero-order valence-corrected chi connectivity index (χ0v) is 7.64. The van der Waals surface area contributed by atoms with Crippen LogP contribution >= 0.6 is 0 Å². The second-order valence-corrected chi connectivity index (χ2v) is 3.46. The van der Waals surface area contributed by atoms with E-state index in [1.165, 1.54) is 6.07 Å². The summed E-state index contributed by atoms with van der Waals surface area (Å²) in [5.41, 5.74) is 0.0648. The quantitative estimate of drug-likeness (QED) is 0.752. The summed E-state index contributed by atoms with van der Waals surface area (Å²) < 4.78 is 25.8. The monoisotopic (exact) mass is 186 g/mol. The summed E-state index contributed by atoms with van der Waals surface area (Å²) in [5.74, 6) is -1.84. The van der Waals surface area contributed by atoms with Gasteiger partial charge in [-0.05, 0) is 24.5 Å². The van der Waals surface area contributed by atoms with E-state index in [9.17, 15) is 13.9 Å². The van der Waals surface area contributed by atoms with Crippen LogP contribution in [0.25, 0.3) is 0 Å². The second-order valence-electron chi connectivity index (χ2n) is 3.46. The van der Waals surface area contributed by atoms with Gasteiger partial charge in [0.05, 0.1) is 0 Å². The third kappa shape index (κ3) is 2.17. The van der Waals surface area contributed by atoms with E-state index in [1.54, 1.807) is 0 Å². The maximum atomic E-state index is 13.1. The van der Waals surface area contributed by atoms with Gasteiger partial charge in [-0.3, -0.25) is 0 Å². The topological polar surface area (TPSA) is 20.2 Å². The van der Waals surface area contributed by atoms with Crippen LogP contribution in [0.4, 0.5) is 8.78 Å². The Balaban J connectivity index is 3.10. The molecule has 0 atom stereocenters. The Kier molecular flexibility index (Phi) is 2.86. The molecule has 0 radical (unpaired) electrons. The van der Waals surface area contributed by atoms with Gasteiger partial charge in [0, 0.05) is 5.56 Å². The highest BCUT2D eigenvalue weighted by Gasteiger charge is 2.13. The number of hydrogen-bond acceptors (Lipinski definition) is 1. The number of phenolic OH excluding ortho intramolecular Hbond substituents is 1. The molecule has 1 rings (SSSR count). The van der Waals surface area contributed by atoms with E-state index in [2.05, 4.69) is 0 Å². The summed E-state index contributed by atoms with van der Waals surface area (Å²) in [6.45, 7) is 3.76. The lowest BCUT2D eigenvalue weighted by Gasteiger charge is -2.08. The van der Waals surface area contributed by atoms with Gasteiger partial charge in [0.1, 0.15) is 5.75 Å². The van der Waals surface area contributed by atoms with Crippen LogP contribution in [0.2, 0.25) is 0 Å². The fourth-order valence-electron chi connectivity index (χ4n) is 1.18. The van der Waals surface area contributed by atoms with Crippen LogP contribution in [0.3, 0.4) is 0 Å². The summed E-state index contributed by atoms with van der Waals surface area (Å²) in [6.07, 6.45) is 0.343. The molecule has 0 heterocycles. The van der Waals surface area contributed by atoms with Crippen molar-refractivity contribution in [2.75, 3.05) is 0 Å². The molecule has 13 heavy (non-hydrogen) atoms. The molecule has 0 bridgehead atoms. The van der Waals surface area contributed by atoms with Crippen molar-refractivity contribution in [3.05, 3.63) is 29.3 Å². The average Bonchev–Trinajstić information content (AvgIpc) is 2.05. The van der Waals surface area contributed by atoms with Crippen LogP contribution in [0.5, 0.6) is 5.75 Å². The van der Waals surface area contributed by atoms with Gasteiger partial charge in [-0.1, -0.05) is 13.8 Å². The van der Waals surface area contributed by atoms with Crippen LogP contribution in [-0.4, -0.2) is 5.11 Å². The van der Waals surface area contributed by atoms with E-state index in [1.807, 2.05) is 13.8 Å². The van der Waals surface area contributed by atoms with Gasteiger partial charge < -0.3 is 5.11 Å². The zero-order valence-electron chi connectivity index (χ0n) is 7.64. The number of hydrogen-bond donors (Lipinski definition) is 1. The molecule has 0 aromatic heterocycles. The van der Waals surface area contributed by atoms with Gasteiger partial charge in [-0.15, -0.1) is 0 Å². The Morgan fingerprint density at radius 1 is 1.31 bits per heavy atom. The van der Waals surface area contributed by atoms with Crippen molar-refractivity contribution in [3.8, 4) is 5.75 Å². The lowest BCUT2D eigenvalue weighted by Crippen LogP contribution is -2.00. The first-order valence-electron chi connectivity index (χ1n) is 4.18. The summed E-state index contributed by atoms with van der Waals surface area (Å²) in [5, 5.41) is 9.26. The Bertz CT molecular complexity index is 308. The first-order valence-corrected chi connectivity index (χ1v) is 4.18. The minimum Gasteiger partial charge on any atom is -0.508 e. The molecule has 1 aromatic rings. The van der Waals surface area contributed by atoms with Gasteiger partial charge in [-0.25, -0.2) is 8.78 Å². The Morgan fingerprint density at radius 3 is 2.46 bits per heavy atom. The number of halogens is 2. The van der Waals surface area contributed by atoms with Gasteiger partial charge in [0.15, 0.2) is 11.6 Å². The van der Waals surface area contributed by atoms with Gasteiger partial charge in [-0.2, -0.15) is 0 Å². The van der Waals surface area contributed by atoms with E-state index in [0.29, 0.717) is 6.42 Å². The molecule has 0 saturated carbocycles. The third-order valence-corrected chi connectivity index (χ3v) is 1.78. The van der Waals surface area contributed by atoms with Gasteiger partial charge in [0.2, 0.25) is 0 Å². The standard InChI is InChI=1S/C10H12F2O/c1-6(2)5-7-9(13)4-3-8(11)10(7)12/h3-4,6,13H,5H2,1-2H3. The largest absolute Gasteiger partial charge is 0.508 e. The predicted octanol–water partition coefficient (Wildman–Crippen LogP) is 2.87. The van der Waals surface area contributed by atoms with Crippen LogP contribution < -0.4 is 0 Å². The van der Waals surface area contributed by atoms with E-state index in [4.69, 9.17) is 0 Å². The minimum absolute atomic E-state index is 0.0648. The van der Waals surface area contributed by atoms with E-state index in [0.717, 1.165) is 6.07 Å². The molecule has 0 fully saturated rings. The normalized spacial score (nSPS) is 10.8. The maximum absolute atomic E-state index is 13.1. The third-order valence-electron chi connectivity index (χ3n) is 1.78. The summed E-state index contributed by atoms with van der Waals surface area (Å²) in [4.78, 5) is 0. The molecule has 1 N–H and O–H groups in total. The van der Waals surface area contributed by atoms with Crippen molar-refractivity contribution in [2.24, 2.45) is 5.92 Å². The molecule has 0 saturated heterocycles. The highest BCUT2D eigenvalue weighted by molar-refractivity contribution is 5.34. The highest BCUT2D eigenvalue weighted by atomic mass is 19.2. The fourth-order valence-corrected chi connectivity index (χ4v) is 1.18. The lowest BCUT2D eigenvalue weighted by molar-refractivity contribution is 0.433. The van der Waals surface area contributed by atoms with E-state index >= 15 is 0 Å². The van der Waals surface area contributed by atoms with Crippen molar-refractivity contribution >= 4 is 0 Å². The van der Waals surface area contributed by atoms with Crippen LogP contribution in [0.1, 0.15) is 19.4 Å². The molecule has 1 aromatic carbocycles. The number of benzene rings is 1. The van der Waals surface area contributed by atoms with Crippen molar-refractivity contribution in [1.29, 1.82) is 0 Å². The van der Waals surface area contributed by atoms with Crippen molar-refractivity contribution in [3.63, 3.8) is 0 Å². The van der Waals surface area contributed by atoms with Crippen molar-refractivity contribution < 1.29 is 13.9 Å². The maximum Gasteiger partial charge on any atom is 0.165 e. The average molecular weight is 186 g/mol. The smallest absolute Gasteiger partial charge is 0.165 e. The molecule has 0 aliphatic heterocycles. The first-order chi connectivity index (χ1) is 6.02. The van der Waals surface area contributed by atoms with Gasteiger partial charge >= 0.3 is 0 Å². The molecular weight excluding hydrogens is 174 g/mol. The molecule has 0 unspecified atom stereocenters. The molecule has 0 spiro atoms. The Morgan fingerprint density at radius 2 is 1.92 bits per heavy atom. The molecule has 3 heteroatoms. The SMILES string of the molecule is CC(C)Cc1c(O)ccc(F)c1F. The minimum atomic E-state index is -0.936. The zero-order chi connectivity index (χ0) is 10.0. The van der Waals surface area contributed by atoms with E-state index < -0.39 is 11.6 Å². The van der Waals surface area contributed by atoms with Crippen LogP contribution in [-0.2, 0) is 6.42 Å². The number of aromatic hydroxyl groups is 1. The van der Waals surface area contributed by atoms with Crippen molar-refractivity contribution in [1.82, 2.24) is 0 Å². The van der Waals surface area contributed by atoms with Crippen LogP contribution in [0, 0.1) is 17.6 Å². The Labute approximate surface area is 76.0 Å². The van der Waals surface area contributed by atoms with Crippen molar-refractivity contribution in [2.45, 2.75) is 20.3 Å². The fraction of sp³-hybridized carbons (Fsp3) is 0.400. The molecule has 0 aliphatic carbocycles. The van der Waals surface area contributed by atoms with Gasteiger partial charge in [0.25, 0.3) is 0 Å². The second kappa shape index (κ2) is 3.73. The molecule has 1 nitrogen and oxygen atoms in total. The predicted molar refractivity (Wildman–Crippen MR) is 46.6 cm³/mol. The summed E-state index contributed by atoms with van der Waals surface area (Å²) in [7, 11) is 0. The number of phenols is 1. The molecule has 0 amide bonds. The molecule has 72 valence electrons. The summed E-state index contributed by atoms with van der Waals surface area (Å²) >= 11 is 0. The first kappa shape index (κ1) is 9.96. The van der Waals surface area contributed by atoms with Crippen LogP contribution in [0.15, 0.2) is 12.1 Å². The summed E-state index contributed by atoms with van der Waals surface area (Å²) in [6, 6.07) is 2.10. The molecular formula is C10H12F2O. The van der Waals surface area contributed by atoms with E-state index in [-0.39, 0.29) is 17.2 Å². The number of rotatable bonds is 2.